The third kappa shape index (κ3) is 13.2. The Labute approximate surface area is 387 Å². The zero-order chi connectivity index (χ0) is 43.8. The second-order valence-electron chi connectivity index (χ2n) is 18.2. The van der Waals surface area contributed by atoms with Gasteiger partial charge in [-0.3, -0.25) is 19.5 Å². The molecule has 4 rings (SSSR count). The number of rotatable bonds is 24. The number of carboxylic acid groups (broad SMARTS) is 6. The Balaban J connectivity index is 0.00000961. The molecule has 0 heterocycles. The fourth-order valence-corrected chi connectivity index (χ4v) is 12.0. The van der Waals surface area contributed by atoms with Crippen molar-refractivity contribution in [3.05, 3.63) is 0 Å². The van der Waals surface area contributed by atoms with Crippen LogP contribution in [0.15, 0.2) is 0 Å². The van der Waals surface area contributed by atoms with Gasteiger partial charge < -0.3 is 69.8 Å². The van der Waals surface area contributed by atoms with E-state index < -0.39 is 80.0 Å². The summed E-state index contributed by atoms with van der Waals surface area (Å²) < 4.78 is 0. The van der Waals surface area contributed by atoms with Gasteiger partial charge in [-0.2, -0.15) is 0 Å². The fourth-order valence-electron chi connectivity index (χ4n) is 12.0. The number of carbonyl (C=O) groups is 7. The minimum Gasteiger partial charge on any atom is -0.550 e. The largest absolute Gasteiger partial charge is 3.00 e. The van der Waals surface area contributed by atoms with Crippen LogP contribution in [0.3, 0.4) is 0 Å². The molecule has 4 aliphatic carbocycles. The molecule has 0 aromatic carbocycles. The van der Waals surface area contributed by atoms with Gasteiger partial charge in [-0.1, -0.05) is 20.8 Å². The second kappa shape index (κ2) is 22.7. The van der Waals surface area contributed by atoms with E-state index in [0.29, 0.717) is 42.9 Å². The van der Waals surface area contributed by atoms with Crippen LogP contribution in [0, 0.1) is 86.3 Å². The van der Waals surface area contributed by atoms with E-state index in [2.05, 4.69) is 26.1 Å². The topological polar surface area (TPSA) is 300 Å². The van der Waals surface area contributed by atoms with Crippen molar-refractivity contribution in [2.75, 3.05) is 52.4 Å². The van der Waals surface area contributed by atoms with Crippen molar-refractivity contribution in [1.82, 2.24) is 20.0 Å². The van der Waals surface area contributed by atoms with E-state index in [4.69, 9.17) is 0 Å². The van der Waals surface area contributed by atoms with Gasteiger partial charge >= 0.3 is 44.2 Å². The van der Waals surface area contributed by atoms with Gasteiger partial charge in [-0.05, 0) is 117 Å². The molecule has 0 aliphatic heterocycles. The normalized spacial score (nSPS) is 30.6. The first kappa shape index (κ1) is 51.8. The van der Waals surface area contributed by atoms with Gasteiger partial charge in [0.1, 0.15) is 0 Å². The van der Waals surface area contributed by atoms with Crippen LogP contribution < -0.4 is 36.0 Å². The molecule has 339 valence electrons. The van der Waals surface area contributed by atoms with Crippen LogP contribution in [-0.2, 0) is 33.6 Å². The number of carbonyl (C=O) groups excluding carboxylic acids is 7. The second-order valence-corrected chi connectivity index (χ2v) is 18.2. The average Bonchev–Trinajstić information content (AvgIpc) is 3.49. The van der Waals surface area contributed by atoms with E-state index in [9.17, 15) is 69.3 Å². The maximum absolute atomic E-state index is 13.4. The van der Waals surface area contributed by atoms with Crippen molar-refractivity contribution in [2.24, 2.45) is 46.3 Å². The van der Waals surface area contributed by atoms with Crippen molar-refractivity contribution < 1.29 is 114 Å². The SMILES string of the molecule is C[C@H](CCC(=O)[O-])[C@H]1CC[C@H]2[C@@H]3CC[C@@H]4C[C@@H](NC(=O)CC[C@@H](C(=O)[O-])N(CCN(CC(=O)[O-])CC(=O)[O-])CCN(CC(=O)[O-])CC(=O)[O-])CC[C@]4(C)[C@H]3C[C@H](O)[C@]12C.[Gd+3].[H+].[H+].[H+]. The summed E-state index contributed by atoms with van der Waals surface area (Å²) >= 11 is 0. The van der Waals surface area contributed by atoms with Gasteiger partial charge in [-0.25, -0.2) is 0 Å². The summed E-state index contributed by atoms with van der Waals surface area (Å²) in [4.78, 5) is 85.2. The summed E-state index contributed by atoms with van der Waals surface area (Å²) in [5, 5.41) is 83.6. The number of nitrogens with zero attached hydrogens (tertiary/aromatic N) is 3. The number of carboxylic acids is 6. The molecule has 18 nitrogen and oxygen atoms in total. The first-order chi connectivity index (χ1) is 27.6. The van der Waals surface area contributed by atoms with E-state index in [1.807, 2.05) is 0 Å². The molecule has 1 amide bonds. The van der Waals surface area contributed by atoms with Crippen molar-refractivity contribution in [3.8, 4) is 0 Å². The van der Waals surface area contributed by atoms with E-state index >= 15 is 0 Å². The number of nitrogens with one attached hydrogen (secondary N) is 1. The van der Waals surface area contributed by atoms with Crippen LogP contribution in [0.2, 0.25) is 0 Å². The Bertz CT molecular complexity index is 1500. The van der Waals surface area contributed by atoms with Crippen LogP contribution >= 0.6 is 0 Å². The number of amides is 1. The van der Waals surface area contributed by atoms with Crippen molar-refractivity contribution >= 4 is 41.7 Å². The molecule has 2 N–H and O–H groups in total. The predicted octanol–water partition coefficient (Wildman–Crippen LogP) is -5.59. The van der Waals surface area contributed by atoms with Crippen LogP contribution in [-0.4, -0.2) is 132 Å². The van der Waals surface area contributed by atoms with Crippen molar-refractivity contribution in [3.63, 3.8) is 0 Å². The molecule has 1 radical (unpaired) electrons. The number of aliphatic hydroxyl groups excluding tert-OH is 1. The zero-order valence-electron chi connectivity index (χ0n) is 37.8. The monoisotopic (exact) mass is 993 g/mol. The molecule has 0 bridgehead atoms. The molecule has 0 unspecified atom stereocenters. The van der Waals surface area contributed by atoms with Gasteiger partial charge in [0.25, 0.3) is 0 Å². The van der Waals surface area contributed by atoms with Gasteiger partial charge in [-0.15, -0.1) is 0 Å². The van der Waals surface area contributed by atoms with Crippen LogP contribution in [0.4, 0.5) is 0 Å². The Kier molecular flexibility index (Phi) is 19.6. The molecular formula is C41H63GdN4O14. The van der Waals surface area contributed by atoms with E-state index in [-0.39, 0.29) is 118 Å². The summed E-state index contributed by atoms with van der Waals surface area (Å²) in [6, 6.07) is -1.65. The smallest absolute Gasteiger partial charge is 0.550 e. The molecule has 4 fully saturated rings. The Hall–Kier alpha value is -2.55. The van der Waals surface area contributed by atoms with Crippen LogP contribution in [0.5, 0.6) is 0 Å². The van der Waals surface area contributed by atoms with E-state index in [1.165, 1.54) is 4.90 Å². The molecule has 0 saturated heterocycles. The van der Waals surface area contributed by atoms with Crippen molar-refractivity contribution in [1.29, 1.82) is 0 Å². The Morgan fingerprint density at radius 3 is 1.75 bits per heavy atom. The van der Waals surface area contributed by atoms with Gasteiger partial charge in [0.05, 0.1) is 36.0 Å². The zero-order valence-corrected chi connectivity index (χ0v) is 37.1. The molecule has 11 atom stereocenters. The van der Waals surface area contributed by atoms with E-state index in [1.54, 1.807) is 0 Å². The maximum atomic E-state index is 13.4. The molecule has 0 spiro atoms. The summed E-state index contributed by atoms with van der Waals surface area (Å²) in [5.74, 6) is -7.68. The molecule has 60 heavy (non-hydrogen) atoms. The quantitative estimate of drug-likeness (QED) is 0.0911. The van der Waals surface area contributed by atoms with Crippen LogP contribution in [0.1, 0.15) is 102 Å². The number of hydrogen-bond acceptors (Lipinski definition) is 17. The molecule has 19 heteroatoms. The molecular weight excluding hydrogens is 930 g/mol. The average molecular weight is 993 g/mol. The summed E-state index contributed by atoms with van der Waals surface area (Å²) in [6.07, 6.45) is 6.40. The standard InChI is InChI=1S/C41H66N4O14.Gd/c1-24(4-11-34(48)49)28-7-8-29-27-6-5-25-18-26(12-13-40(25,2)30(27)19-32(46)41(28,29)3)42-33(47)10-9-31(39(58)59)45(16-14-43(20-35(50)51)21-36(52)53)17-15-44(22-37(54)55)23-38(56)57;/h24-32,46H,4-23H2,1-3H3,(H,42,47)(H,48,49)(H,50,51)(H,52,53)(H,54,55)(H,56,57)(H,58,59);/q;+3/p-3/t24-,25-,26+,27+,28-,29+,30+,31+,32+,40+,41-;/m1./s1. The number of hydrogen-bond donors (Lipinski definition) is 2. The molecule has 4 saturated carbocycles. The van der Waals surface area contributed by atoms with Gasteiger partial charge in [0, 0.05) is 76.8 Å². The van der Waals surface area contributed by atoms with Crippen molar-refractivity contribution in [2.45, 2.75) is 116 Å². The van der Waals surface area contributed by atoms with Gasteiger partial charge in [0.2, 0.25) is 5.91 Å². The third-order valence-corrected chi connectivity index (χ3v) is 14.9. The first-order valence-electron chi connectivity index (χ1n) is 21.0. The van der Waals surface area contributed by atoms with Crippen LogP contribution in [0.25, 0.3) is 0 Å². The van der Waals surface area contributed by atoms with Gasteiger partial charge in [0.15, 0.2) is 0 Å². The third-order valence-electron chi connectivity index (χ3n) is 14.9. The van der Waals surface area contributed by atoms with E-state index in [0.717, 1.165) is 48.3 Å². The minimum atomic E-state index is -1.60. The predicted molar refractivity (Wildman–Crippen MR) is 198 cm³/mol. The minimum absolute atomic E-state index is 0. The number of fused-ring (bicyclic) bond motifs is 5. The summed E-state index contributed by atoms with van der Waals surface area (Å²) in [5.41, 5.74) is -0.329. The molecule has 0 aromatic heterocycles. The summed E-state index contributed by atoms with van der Waals surface area (Å²) in [7, 11) is 0. The molecule has 0 aromatic rings. The number of aliphatic hydroxyl groups is 1. The fraction of sp³-hybridized carbons (Fsp3) is 0.829. The Morgan fingerprint density at radius 2 is 1.25 bits per heavy atom. The first-order valence-corrected chi connectivity index (χ1v) is 21.0. The summed E-state index contributed by atoms with van der Waals surface area (Å²) in [6.45, 7) is 2.15. The Morgan fingerprint density at radius 1 is 0.700 bits per heavy atom. The maximum Gasteiger partial charge on any atom is 3.00 e. The number of aliphatic carboxylic acids is 6. The molecule has 4 aliphatic rings.